The van der Waals surface area contributed by atoms with Crippen LogP contribution in [-0.4, -0.2) is 32.2 Å². The summed E-state index contributed by atoms with van der Waals surface area (Å²) in [5.41, 5.74) is 4.46. The van der Waals surface area contributed by atoms with Crippen LogP contribution < -0.4 is 24.8 Å². The molecule has 4 rings (SSSR count). The number of hydrogen-bond acceptors (Lipinski definition) is 7. The first-order valence-electron chi connectivity index (χ1n) is 9.87. The third-order valence-corrected chi connectivity index (χ3v) is 4.82. The summed E-state index contributed by atoms with van der Waals surface area (Å²) >= 11 is 0. The predicted octanol–water partition coefficient (Wildman–Crippen LogP) is 5.22. The van der Waals surface area contributed by atoms with Gasteiger partial charge in [-0.05, 0) is 23.8 Å². The van der Waals surface area contributed by atoms with Gasteiger partial charge >= 0.3 is 0 Å². The lowest BCUT2D eigenvalue weighted by molar-refractivity contribution is -0.114. The zero-order valence-electron chi connectivity index (χ0n) is 18.2. The van der Waals surface area contributed by atoms with E-state index in [1.165, 1.54) is 6.92 Å². The molecule has 8 heteroatoms. The number of methoxy groups -OCH3 is 3. The van der Waals surface area contributed by atoms with Crippen molar-refractivity contribution in [1.82, 2.24) is 4.98 Å². The van der Waals surface area contributed by atoms with E-state index in [2.05, 4.69) is 15.6 Å². The van der Waals surface area contributed by atoms with E-state index in [9.17, 15) is 4.79 Å². The number of para-hydroxylation sites is 1. The van der Waals surface area contributed by atoms with Crippen molar-refractivity contribution in [3.8, 4) is 28.4 Å². The summed E-state index contributed by atoms with van der Waals surface area (Å²) in [5.74, 6) is 1.40. The number of oxazole rings is 1. The average Bonchev–Trinajstić information content (AvgIpc) is 3.20. The maximum absolute atomic E-state index is 11.4. The SMILES string of the molecule is COc1cc(Nc2nc3cccc(-c4cccc(NC(C)=O)c4)c3o2)cc(OC)c1OC. The largest absolute Gasteiger partial charge is 0.493 e. The molecule has 0 bridgehead atoms. The van der Waals surface area contributed by atoms with E-state index in [1.807, 2.05) is 42.5 Å². The van der Waals surface area contributed by atoms with Crippen LogP contribution in [0.25, 0.3) is 22.2 Å². The molecule has 3 aromatic carbocycles. The third kappa shape index (κ3) is 4.15. The van der Waals surface area contributed by atoms with Crippen LogP contribution in [0.5, 0.6) is 17.2 Å². The Balaban J connectivity index is 1.71. The maximum atomic E-state index is 11.4. The number of carbonyl (C=O) groups is 1. The Labute approximate surface area is 185 Å². The van der Waals surface area contributed by atoms with Gasteiger partial charge in [0.05, 0.1) is 21.3 Å². The molecule has 2 N–H and O–H groups in total. The number of benzene rings is 3. The van der Waals surface area contributed by atoms with Crippen molar-refractivity contribution in [2.24, 2.45) is 0 Å². The Hall–Kier alpha value is -4.20. The number of nitrogens with one attached hydrogen (secondary N) is 2. The fourth-order valence-corrected chi connectivity index (χ4v) is 3.47. The Morgan fingerprint density at radius 2 is 1.62 bits per heavy atom. The highest BCUT2D eigenvalue weighted by molar-refractivity contribution is 5.94. The number of nitrogens with zero attached hydrogens (tertiary/aromatic N) is 1. The molecular weight excluding hydrogens is 410 g/mol. The molecule has 0 saturated heterocycles. The summed E-state index contributed by atoms with van der Waals surface area (Å²) in [6, 6.07) is 17.2. The monoisotopic (exact) mass is 433 g/mol. The van der Waals surface area contributed by atoms with Gasteiger partial charge in [-0.25, -0.2) is 0 Å². The van der Waals surface area contributed by atoms with Gasteiger partial charge in [-0.3, -0.25) is 4.79 Å². The van der Waals surface area contributed by atoms with Gasteiger partial charge in [0.2, 0.25) is 11.7 Å². The molecule has 0 aliphatic rings. The van der Waals surface area contributed by atoms with Crippen LogP contribution in [-0.2, 0) is 4.79 Å². The van der Waals surface area contributed by atoms with Crippen molar-refractivity contribution < 1.29 is 23.4 Å². The van der Waals surface area contributed by atoms with Gasteiger partial charge in [0, 0.05) is 36.0 Å². The second-order valence-electron chi connectivity index (χ2n) is 6.97. The molecular formula is C24H23N3O5. The van der Waals surface area contributed by atoms with Gasteiger partial charge in [0.15, 0.2) is 17.1 Å². The molecule has 8 nitrogen and oxygen atoms in total. The first-order valence-corrected chi connectivity index (χ1v) is 9.87. The lowest BCUT2D eigenvalue weighted by Crippen LogP contribution is -2.05. The van der Waals surface area contributed by atoms with Gasteiger partial charge in [-0.2, -0.15) is 4.98 Å². The molecule has 164 valence electrons. The molecule has 32 heavy (non-hydrogen) atoms. The number of aromatic nitrogens is 1. The Kier molecular flexibility index (Phi) is 5.85. The normalized spacial score (nSPS) is 10.6. The molecule has 0 unspecified atom stereocenters. The molecule has 4 aromatic rings. The molecule has 0 aliphatic heterocycles. The fourth-order valence-electron chi connectivity index (χ4n) is 3.47. The fraction of sp³-hybridized carbons (Fsp3) is 0.167. The number of ether oxygens (including phenoxy) is 3. The van der Waals surface area contributed by atoms with Gasteiger partial charge in [0.25, 0.3) is 6.01 Å². The van der Waals surface area contributed by atoms with Crippen molar-refractivity contribution in [2.45, 2.75) is 6.92 Å². The van der Waals surface area contributed by atoms with E-state index >= 15 is 0 Å². The second-order valence-corrected chi connectivity index (χ2v) is 6.97. The molecule has 0 spiro atoms. The van der Waals surface area contributed by atoms with Gasteiger partial charge in [-0.1, -0.05) is 24.3 Å². The second kappa shape index (κ2) is 8.89. The highest BCUT2D eigenvalue weighted by Crippen LogP contribution is 2.41. The van der Waals surface area contributed by atoms with Crippen LogP contribution in [0.3, 0.4) is 0 Å². The first kappa shape index (κ1) is 21.0. The van der Waals surface area contributed by atoms with Crippen molar-refractivity contribution >= 4 is 34.4 Å². The van der Waals surface area contributed by atoms with Crippen molar-refractivity contribution in [3.05, 3.63) is 54.6 Å². The number of hydrogen-bond donors (Lipinski definition) is 2. The van der Waals surface area contributed by atoms with Crippen LogP contribution in [0, 0.1) is 0 Å². The Morgan fingerprint density at radius 1 is 0.906 bits per heavy atom. The number of carbonyl (C=O) groups excluding carboxylic acids is 1. The number of amides is 1. The highest BCUT2D eigenvalue weighted by Gasteiger charge is 2.16. The van der Waals surface area contributed by atoms with E-state index < -0.39 is 0 Å². The van der Waals surface area contributed by atoms with Crippen molar-refractivity contribution in [2.75, 3.05) is 32.0 Å². The molecule has 1 heterocycles. The zero-order chi connectivity index (χ0) is 22.7. The summed E-state index contributed by atoms with van der Waals surface area (Å²) in [4.78, 5) is 16.0. The van der Waals surface area contributed by atoms with E-state index in [-0.39, 0.29) is 5.91 Å². The topological polar surface area (TPSA) is 94.9 Å². The van der Waals surface area contributed by atoms with E-state index in [4.69, 9.17) is 18.6 Å². The molecule has 0 radical (unpaired) electrons. The minimum atomic E-state index is -0.128. The lowest BCUT2D eigenvalue weighted by Gasteiger charge is -2.14. The van der Waals surface area contributed by atoms with Crippen LogP contribution in [0.4, 0.5) is 17.4 Å². The minimum absolute atomic E-state index is 0.128. The molecule has 0 atom stereocenters. The van der Waals surface area contributed by atoms with Gasteiger partial charge < -0.3 is 29.3 Å². The van der Waals surface area contributed by atoms with E-state index in [0.29, 0.717) is 45.7 Å². The minimum Gasteiger partial charge on any atom is -0.493 e. The summed E-state index contributed by atoms with van der Waals surface area (Å²) in [7, 11) is 4.67. The van der Waals surface area contributed by atoms with Crippen LogP contribution in [0.2, 0.25) is 0 Å². The zero-order valence-corrected chi connectivity index (χ0v) is 18.2. The molecule has 1 aromatic heterocycles. The standard InChI is InChI=1S/C24H23N3O5/c1-14(28)25-16-8-5-7-15(11-16)18-9-6-10-19-22(18)32-24(27-19)26-17-12-20(29-2)23(31-4)21(13-17)30-3/h5-13H,1-4H3,(H,25,28)(H,26,27). The maximum Gasteiger partial charge on any atom is 0.300 e. The van der Waals surface area contributed by atoms with Crippen molar-refractivity contribution in [3.63, 3.8) is 0 Å². The molecule has 0 aliphatic carbocycles. The Morgan fingerprint density at radius 3 is 2.28 bits per heavy atom. The lowest BCUT2D eigenvalue weighted by atomic mass is 10.0. The molecule has 1 amide bonds. The number of rotatable bonds is 7. The third-order valence-electron chi connectivity index (χ3n) is 4.82. The van der Waals surface area contributed by atoms with Gasteiger partial charge in [0.1, 0.15) is 5.52 Å². The van der Waals surface area contributed by atoms with Gasteiger partial charge in [-0.15, -0.1) is 0 Å². The van der Waals surface area contributed by atoms with Crippen LogP contribution in [0.15, 0.2) is 59.0 Å². The molecule has 0 fully saturated rings. The van der Waals surface area contributed by atoms with E-state index in [0.717, 1.165) is 11.1 Å². The Bertz CT molecular complexity index is 1260. The van der Waals surface area contributed by atoms with Crippen LogP contribution >= 0.6 is 0 Å². The first-order chi connectivity index (χ1) is 15.5. The smallest absolute Gasteiger partial charge is 0.300 e. The van der Waals surface area contributed by atoms with Crippen LogP contribution in [0.1, 0.15) is 6.92 Å². The number of fused-ring (bicyclic) bond motifs is 1. The van der Waals surface area contributed by atoms with E-state index in [1.54, 1.807) is 33.5 Å². The van der Waals surface area contributed by atoms with Crippen molar-refractivity contribution in [1.29, 1.82) is 0 Å². The quantitative estimate of drug-likeness (QED) is 0.412. The summed E-state index contributed by atoms with van der Waals surface area (Å²) in [5, 5.41) is 5.96. The highest BCUT2D eigenvalue weighted by atomic mass is 16.5. The summed E-state index contributed by atoms with van der Waals surface area (Å²) < 4.78 is 22.2. The summed E-state index contributed by atoms with van der Waals surface area (Å²) in [6.07, 6.45) is 0. The molecule has 0 saturated carbocycles. The average molecular weight is 433 g/mol. The summed E-state index contributed by atoms with van der Waals surface area (Å²) in [6.45, 7) is 1.48. The predicted molar refractivity (Wildman–Crippen MR) is 123 cm³/mol. The number of anilines is 3.